The van der Waals surface area contributed by atoms with Crippen LogP contribution in [0, 0.1) is 16.0 Å². The number of nitro groups is 1. The van der Waals surface area contributed by atoms with Crippen LogP contribution in [0.15, 0.2) is 29.2 Å². The smallest absolute Gasteiger partial charge is 0.269 e. The van der Waals surface area contributed by atoms with Crippen LogP contribution in [0.2, 0.25) is 0 Å². The van der Waals surface area contributed by atoms with E-state index < -0.39 is 4.92 Å². The molecule has 0 aromatic heterocycles. The maximum absolute atomic E-state index is 13.0. The van der Waals surface area contributed by atoms with Gasteiger partial charge in [0.1, 0.15) is 0 Å². The van der Waals surface area contributed by atoms with Gasteiger partial charge in [0.25, 0.3) is 5.69 Å². The van der Waals surface area contributed by atoms with Gasteiger partial charge in [-0.3, -0.25) is 14.9 Å². The number of fused-ring (bicyclic) bond motifs is 1. The van der Waals surface area contributed by atoms with Crippen molar-refractivity contribution in [3.05, 3.63) is 34.4 Å². The number of benzene rings is 1. The molecule has 1 aromatic rings. The van der Waals surface area contributed by atoms with Crippen molar-refractivity contribution < 1.29 is 9.72 Å². The molecule has 4 atom stereocenters. The zero-order valence-electron chi connectivity index (χ0n) is 14.2. The minimum absolute atomic E-state index is 0.0801. The van der Waals surface area contributed by atoms with Gasteiger partial charge in [0.15, 0.2) is 0 Å². The fraction of sp³-hybridized carbons (Fsp3) is 0.611. The minimum atomic E-state index is -0.405. The molecular formula is C18H24N2O3S. The van der Waals surface area contributed by atoms with Crippen LogP contribution < -0.4 is 0 Å². The Hall–Kier alpha value is -1.56. The highest BCUT2D eigenvalue weighted by molar-refractivity contribution is 8.00. The van der Waals surface area contributed by atoms with Crippen LogP contribution in [0.25, 0.3) is 0 Å². The summed E-state index contributed by atoms with van der Waals surface area (Å²) in [6, 6.07) is 7.18. The van der Waals surface area contributed by atoms with Gasteiger partial charge in [-0.2, -0.15) is 0 Å². The van der Waals surface area contributed by atoms with E-state index in [9.17, 15) is 14.9 Å². The molecule has 2 fully saturated rings. The molecule has 1 saturated carbocycles. The average molecular weight is 348 g/mol. The van der Waals surface area contributed by atoms with Gasteiger partial charge in [-0.15, -0.1) is 11.8 Å². The quantitative estimate of drug-likeness (QED) is 0.463. The third-order valence-corrected chi connectivity index (χ3v) is 6.41. The van der Waals surface area contributed by atoms with Crippen LogP contribution in [-0.4, -0.2) is 33.1 Å². The molecule has 24 heavy (non-hydrogen) atoms. The highest BCUT2D eigenvalue weighted by Gasteiger charge is 2.43. The van der Waals surface area contributed by atoms with E-state index in [1.54, 1.807) is 12.1 Å². The standard InChI is InChI=1S/C18H24N2O3S/c1-12-11-14-5-3-4-6-17(14)19(12)18(21)13(2)24-16-9-7-15(8-10-16)20(22)23/h7-10,12-14,17H,3-6,11H2,1-2H3. The lowest BCUT2D eigenvalue weighted by atomic mass is 9.85. The van der Waals surface area contributed by atoms with E-state index in [1.165, 1.54) is 43.2 Å². The van der Waals surface area contributed by atoms with Crippen molar-refractivity contribution in [1.82, 2.24) is 4.90 Å². The summed E-state index contributed by atoms with van der Waals surface area (Å²) in [5, 5.41) is 10.6. The summed E-state index contributed by atoms with van der Waals surface area (Å²) in [6.45, 7) is 4.11. The third-order valence-electron chi connectivity index (χ3n) is 5.31. The van der Waals surface area contributed by atoms with E-state index in [4.69, 9.17) is 0 Å². The van der Waals surface area contributed by atoms with E-state index in [-0.39, 0.29) is 16.8 Å². The molecule has 1 amide bonds. The monoisotopic (exact) mass is 348 g/mol. The average Bonchev–Trinajstić information content (AvgIpc) is 2.90. The van der Waals surface area contributed by atoms with Gasteiger partial charge in [-0.25, -0.2) is 0 Å². The van der Waals surface area contributed by atoms with Gasteiger partial charge in [-0.1, -0.05) is 12.8 Å². The van der Waals surface area contributed by atoms with Crippen molar-refractivity contribution in [3.8, 4) is 0 Å². The number of nitro benzene ring substituents is 1. The zero-order valence-corrected chi connectivity index (χ0v) is 15.0. The fourth-order valence-electron chi connectivity index (χ4n) is 4.20. The SMILES string of the molecule is CC(Sc1ccc([N+](=O)[O-])cc1)C(=O)N1C(C)CC2CCCCC21. The van der Waals surface area contributed by atoms with E-state index in [1.807, 2.05) is 6.92 Å². The maximum Gasteiger partial charge on any atom is 0.269 e. The number of carbonyl (C=O) groups is 1. The zero-order chi connectivity index (χ0) is 17.3. The molecule has 0 radical (unpaired) electrons. The van der Waals surface area contributed by atoms with Crippen molar-refractivity contribution >= 4 is 23.4 Å². The Morgan fingerprint density at radius 3 is 2.62 bits per heavy atom. The molecule has 0 spiro atoms. The number of amides is 1. The first-order valence-electron chi connectivity index (χ1n) is 8.70. The van der Waals surface area contributed by atoms with Crippen molar-refractivity contribution in [3.63, 3.8) is 0 Å². The van der Waals surface area contributed by atoms with Crippen LogP contribution in [-0.2, 0) is 4.79 Å². The third kappa shape index (κ3) is 3.43. The highest BCUT2D eigenvalue weighted by atomic mass is 32.2. The van der Waals surface area contributed by atoms with Crippen LogP contribution in [0.5, 0.6) is 0 Å². The number of likely N-dealkylation sites (tertiary alicyclic amines) is 1. The largest absolute Gasteiger partial charge is 0.336 e. The van der Waals surface area contributed by atoms with Gasteiger partial charge < -0.3 is 4.90 Å². The molecule has 4 unspecified atom stereocenters. The molecular weight excluding hydrogens is 324 g/mol. The summed E-state index contributed by atoms with van der Waals surface area (Å²) in [6.07, 6.45) is 6.04. The Balaban J connectivity index is 1.66. The summed E-state index contributed by atoms with van der Waals surface area (Å²) in [7, 11) is 0. The predicted octanol–water partition coefficient (Wildman–Crippen LogP) is 4.26. The van der Waals surface area contributed by atoms with Crippen molar-refractivity contribution in [2.45, 2.75) is 68.2 Å². The number of rotatable bonds is 4. The number of hydrogen-bond acceptors (Lipinski definition) is 4. The van der Waals surface area contributed by atoms with Gasteiger partial charge in [0.2, 0.25) is 5.91 Å². The Labute approximate surface area is 146 Å². The molecule has 0 bridgehead atoms. The maximum atomic E-state index is 13.0. The number of carbonyl (C=O) groups excluding carboxylic acids is 1. The second-order valence-corrected chi connectivity index (χ2v) is 8.37. The second kappa shape index (κ2) is 7.13. The van der Waals surface area contributed by atoms with E-state index in [2.05, 4.69) is 11.8 Å². The van der Waals surface area contributed by atoms with Crippen molar-refractivity contribution in [2.24, 2.45) is 5.92 Å². The van der Waals surface area contributed by atoms with E-state index in [0.29, 0.717) is 18.0 Å². The number of thioether (sulfide) groups is 1. The summed E-state index contributed by atoms with van der Waals surface area (Å²) in [5.74, 6) is 0.884. The van der Waals surface area contributed by atoms with E-state index in [0.717, 1.165) is 17.7 Å². The summed E-state index contributed by atoms with van der Waals surface area (Å²) in [5.41, 5.74) is 0.0801. The lowest BCUT2D eigenvalue weighted by Gasteiger charge is -2.34. The highest BCUT2D eigenvalue weighted by Crippen LogP contribution is 2.41. The Morgan fingerprint density at radius 2 is 1.96 bits per heavy atom. The normalized spacial score (nSPS) is 27.6. The Kier molecular flexibility index (Phi) is 5.13. The molecule has 1 saturated heterocycles. The first-order valence-corrected chi connectivity index (χ1v) is 9.58. The van der Waals surface area contributed by atoms with Gasteiger partial charge in [0, 0.05) is 29.1 Å². The summed E-state index contributed by atoms with van der Waals surface area (Å²) < 4.78 is 0. The predicted molar refractivity (Wildman–Crippen MR) is 95.1 cm³/mol. The van der Waals surface area contributed by atoms with Crippen LogP contribution >= 0.6 is 11.8 Å². The summed E-state index contributed by atoms with van der Waals surface area (Å²) in [4.78, 5) is 26.3. The molecule has 1 aliphatic heterocycles. The van der Waals surface area contributed by atoms with Crippen LogP contribution in [0.1, 0.15) is 46.0 Å². The fourth-order valence-corrected chi connectivity index (χ4v) is 5.12. The minimum Gasteiger partial charge on any atom is -0.336 e. The summed E-state index contributed by atoms with van der Waals surface area (Å²) >= 11 is 1.49. The Morgan fingerprint density at radius 1 is 1.29 bits per heavy atom. The molecule has 2 aliphatic rings. The first kappa shape index (κ1) is 17.3. The van der Waals surface area contributed by atoms with Crippen LogP contribution in [0.3, 0.4) is 0 Å². The van der Waals surface area contributed by atoms with Crippen LogP contribution in [0.4, 0.5) is 5.69 Å². The molecule has 0 N–H and O–H groups in total. The van der Waals surface area contributed by atoms with Gasteiger partial charge >= 0.3 is 0 Å². The lowest BCUT2D eigenvalue weighted by molar-refractivity contribution is -0.384. The van der Waals surface area contributed by atoms with Crippen molar-refractivity contribution in [1.29, 1.82) is 0 Å². The molecule has 1 aromatic carbocycles. The molecule has 1 heterocycles. The number of nitrogens with zero attached hydrogens (tertiary/aromatic N) is 2. The molecule has 130 valence electrons. The first-order chi connectivity index (χ1) is 11.5. The Bertz CT molecular complexity index is 619. The number of non-ortho nitro benzene ring substituents is 1. The number of hydrogen-bond donors (Lipinski definition) is 0. The van der Waals surface area contributed by atoms with E-state index >= 15 is 0 Å². The molecule has 6 heteroatoms. The topological polar surface area (TPSA) is 63.5 Å². The molecule has 3 rings (SSSR count). The van der Waals surface area contributed by atoms with Gasteiger partial charge in [0.05, 0.1) is 10.2 Å². The lowest BCUT2D eigenvalue weighted by Crippen LogP contribution is -2.45. The molecule has 5 nitrogen and oxygen atoms in total. The second-order valence-electron chi connectivity index (χ2n) is 6.95. The van der Waals surface area contributed by atoms with Crippen molar-refractivity contribution in [2.75, 3.05) is 0 Å². The van der Waals surface area contributed by atoms with Gasteiger partial charge in [-0.05, 0) is 51.2 Å². The molecule has 1 aliphatic carbocycles.